The third-order valence-corrected chi connectivity index (χ3v) is 5.01. The first-order chi connectivity index (χ1) is 9.65. The van der Waals surface area contributed by atoms with Crippen molar-refractivity contribution in [1.29, 1.82) is 0 Å². The molecular formula is C13H18N4O2S. The number of carbonyl (C=O) groups excluding carboxylic acids is 2. The second-order valence-electron chi connectivity index (χ2n) is 5.30. The lowest BCUT2D eigenvalue weighted by Gasteiger charge is -2.27. The van der Waals surface area contributed by atoms with Crippen molar-refractivity contribution >= 4 is 23.6 Å². The fraction of sp³-hybridized carbons (Fsp3) is 0.615. The van der Waals surface area contributed by atoms with Crippen molar-refractivity contribution in [2.24, 2.45) is 7.05 Å². The predicted molar refractivity (Wildman–Crippen MR) is 75.2 cm³/mol. The van der Waals surface area contributed by atoms with Crippen molar-refractivity contribution in [1.82, 2.24) is 19.8 Å². The molecule has 0 aliphatic carbocycles. The second-order valence-corrected chi connectivity index (χ2v) is 6.25. The van der Waals surface area contributed by atoms with Gasteiger partial charge in [0.1, 0.15) is 0 Å². The summed E-state index contributed by atoms with van der Waals surface area (Å²) in [6.45, 7) is 0.591. The molecule has 2 aliphatic rings. The van der Waals surface area contributed by atoms with E-state index in [4.69, 9.17) is 0 Å². The van der Waals surface area contributed by atoms with Crippen LogP contribution in [0.2, 0.25) is 0 Å². The molecular weight excluding hydrogens is 276 g/mol. The molecule has 20 heavy (non-hydrogen) atoms. The van der Waals surface area contributed by atoms with Crippen molar-refractivity contribution in [3.05, 3.63) is 12.4 Å². The van der Waals surface area contributed by atoms with Gasteiger partial charge in [-0.25, -0.2) is 4.98 Å². The Morgan fingerprint density at radius 1 is 1.50 bits per heavy atom. The number of hydrogen-bond acceptors (Lipinski definition) is 4. The quantitative estimate of drug-likeness (QED) is 0.819. The van der Waals surface area contributed by atoms with E-state index in [0.717, 1.165) is 18.0 Å². The van der Waals surface area contributed by atoms with Crippen LogP contribution < -0.4 is 5.32 Å². The number of hydrogen-bond donors (Lipinski definition) is 1. The lowest BCUT2D eigenvalue weighted by Crippen LogP contribution is -2.43. The number of nitrogens with zero attached hydrogens (tertiary/aromatic N) is 3. The maximum absolute atomic E-state index is 12.5. The van der Waals surface area contributed by atoms with Crippen LogP contribution in [-0.4, -0.2) is 50.6 Å². The van der Waals surface area contributed by atoms with Gasteiger partial charge in [-0.2, -0.15) is 0 Å². The minimum atomic E-state index is 0.0618. The van der Waals surface area contributed by atoms with E-state index in [2.05, 4.69) is 10.3 Å². The lowest BCUT2D eigenvalue weighted by molar-refractivity contribution is -0.131. The van der Waals surface area contributed by atoms with Crippen LogP contribution >= 0.6 is 11.8 Å². The van der Waals surface area contributed by atoms with E-state index in [1.807, 2.05) is 22.7 Å². The largest absolute Gasteiger partial charge is 0.354 e. The molecule has 0 radical (unpaired) electrons. The first kappa shape index (κ1) is 13.5. The van der Waals surface area contributed by atoms with E-state index >= 15 is 0 Å². The predicted octanol–water partition coefficient (Wildman–Crippen LogP) is 0.392. The van der Waals surface area contributed by atoms with Crippen LogP contribution in [0.3, 0.4) is 0 Å². The highest BCUT2D eigenvalue weighted by atomic mass is 32.2. The normalized spacial score (nSPS) is 25.4. The number of nitrogens with one attached hydrogen (secondary N) is 1. The zero-order valence-electron chi connectivity index (χ0n) is 11.4. The van der Waals surface area contributed by atoms with Crippen LogP contribution in [0.4, 0.5) is 0 Å². The maximum Gasteiger partial charge on any atom is 0.233 e. The zero-order chi connectivity index (χ0) is 14.1. The topological polar surface area (TPSA) is 67.2 Å². The van der Waals surface area contributed by atoms with Crippen molar-refractivity contribution in [3.63, 3.8) is 0 Å². The number of amides is 2. The van der Waals surface area contributed by atoms with Crippen LogP contribution in [-0.2, 0) is 16.6 Å². The Bertz CT molecular complexity index is 530. The summed E-state index contributed by atoms with van der Waals surface area (Å²) in [4.78, 5) is 30.1. The van der Waals surface area contributed by atoms with Crippen molar-refractivity contribution in [2.75, 3.05) is 12.3 Å². The summed E-state index contributed by atoms with van der Waals surface area (Å²) >= 11 is 1.45. The highest BCUT2D eigenvalue weighted by Gasteiger charge is 2.39. The number of carbonyl (C=O) groups is 2. The smallest absolute Gasteiger partial charge is 0.233 e. The summed E-state index contributed by atoms with van der Waals surface area (Å²) < 4.78 is 1.90. The minimum Gasteiger partial charge on any atom is -0.354 e. The van der Waals surface area contributed by atoms with E-state index < -0.39 is 0 Å². The van der Waals surface area contributed by atoms with Gasteiger partial charge in [0.25, 0.3) is 0 Å². The fourth-order valence-electron chi connectivity index (χ4n) is 2.98. The summed E-state index contributed by atoms with van der Waals surface area (Å²) in [5.41, 5.74) is 0. The average Bonchev–Trinajstić information content (AvgIpc) is 2.94. The third kappa shape index (κ3) is 2.54. The van der Waals surface area contributed by atoms with Crippen LogP contribution in [0.25, 0.3) is 0 Å². The number of aromatic nitrogens is 2. The van der Waals surface area contributed by atoms with Gasteiger partial charge in [0.15, 0.2) is 5.16 Å². The molecule has 0 saturated carbocycles. The van der Waals surface area contributed by atoms with Crippen molar-refractivity contribution in [3.8, 4) is 0 Å². The van der Waals surface area contributed by atoms with Gasteiger partial charge >= 0.3 is 0 Å². The van der Waals surface area contributed by atoms with E-state index in [-0.39, 0.29) is 23.9 Å². The number of rotatable bonds is 3. The van der Waals surface area contributed by atoms with Crippen LogP contribution in [0.15, 0.2) is 17.6 Å². The molecule has 3 rings (SSSR count). The monoisotopic (exact) mass is 294 g/mol. The Kier molecular flexibility index (Phi) is 3.69. The first-order valence-electron chi connectivity index (χ1n) is 6.83. The average molecular weight is 294 g/mol. The van der Waals surface area contributed by atoms with Crippen molar-refractivity contribution < 1.29 is 9.59 Å². The number of thioether (sulfide) groups is 1. The Balaban J connectivity index is 1.65. The molecule has 1 aromatic heterocycles. The molecule has 108 valence electrons. The standard InChI is InChI=1S/C13H18N4O2S/c1-16-5-4-14-13(16)20-8-12(19)17-9-2-3-10(17)7-15-11(18)6-9/h4-5,9-10H,2-3,6-8H2,1H3,(H,15,18)/t9-,10+/m1/s1. The zero-order valence-corrected chi connectivity index (χ0v) is 12.2. The number of imidazole rings is 1. The van der Waals surface area contributed by atoms with E-state index in [1.165, 1.54) is 11.8 Å². The van der Waals surface area contributed by atoms with Crippen LogP contribution in [0.1, 0.15) is 19.3 Å². The van der Waals surface area contributed by atoms with Gasteiger partial charge in [-0.15, -0.1) is 0 Å². The fourth-order valence-corrected chi connectivity index (χ4v) is 3.78. The maximum atomic E-state index is 12.5. The summed E-state index contributed by atoms with van der Waals surface area (Å²) in [6.07, 6.45) is 5.96. The van der Waals surface area contributed by atoms with Gasteiger partial charge in [-0.1, -0.05) is 11.8 Å². The SMILES string of the molecule is Cn1ccnc1SCC(=O)N1[C@@H]2CC[C@H]1CNC(=O)C2. The summed E-state index contributed by atoms with van der Waals surface area (Å²) in [6, 6.07) is 0.248. The molecule has 3 heterocycles. The van der Waals surface area contributed by atoms with Gasteiger partial charge in [0.05, 0.1) is 5.75 Å². The van der Waals surface area contributed by atoms with Gasteiger partial charge in [-0.3, -0.25) is 9.59 Å². The van der Waals surface area contributed by atoms with E-state index in [9.17, 15) is 9.59 Å². The van der Waals surface area contributed by atoms with Gasteiger partial charge in [0.2, 0.25) is 11.8 Å². The van der Waals surface area contributed by atoms with Crippen molar-refractivity contribution in [2.45, 2.75) is 36.5 Å². The molecule has 0 spiro atoms. The Hall–Kier alpha value is -1.50. The number of fused-ring (bicyclic) bond motifs is 2. The number of aryl methyl sites for hydroxylation is 1. The second kappa shape index (κ2) is 5.47. The van der Waals surface area contributed by atoms with E-state index in [1.54, 1.807) is 6.20 Å². The van der Waals surface area contributed by atoms with Gasteiger partial charge in [-0.05, 0) is 12.8 Å². The molecule has 0 unspecified atom stereocenters. The molecule has 2 aliphatic heterocycles. The van der Waals surface area contributed by atoms with Crippen LogP contribution in [0, 0.1) is 0 Å². The molecule has 7 heteroatoms. The summed E-state index contributed by atoms with van der Waals surface area (Å²) in [7, 11) is 1.91. The Morgan fingerprint density at radius 3 is 3.05 bits per heavy atom. The van der Waals surface area contributed by atoms with Gasteiger partial charge in [0, 0.05) is 44.5 Å². The third-order valence-electron chi connectivity index (χ3n) is 3.97. The molecule has 2 bridgehead atoms. The molecule has 1 N–H and O–H groups in total. The lowest BCUT2D eigenvalue weighted by atomic mass is 10.1. The summed E-state index contributed by atoms with van der Waals surface area (Å²) in [5, 5.41) is 3.73. The molecule has 2 atom stereocenters. The molecule has 2 amide bonds. The molecule has 1 aromatic rings. The Labute approximate surface area is 121 Å². The molecule has 2 fully saturated rings. The molecule has 0 aromatic carbocycles. The van der Waals surface area contributed by atoms with E-state index in [0.29, 0.717) is 18.7 Å². The summed E-state index contributed by atoms with van der Waals surface area (Å²) in [5.74, 6) is 0.556. The Morgan fingerprint density at radius 2 is 2.30 bits per heavy atom. The highest BCUT2D eigenvalue weighted by molar-refractivity contribution is 7.99. The highest BCUT2D eigenvalue weighted by Crippen LogP contribution is 2.29. The van der Waals surface area contributed by atoms with Crippen LogP contribution in [0.5, 0.6) is 0 Å². The first-order valence-corrected chi connectivity index (χ1v) is 7.81. The van der Waals surface area contributed by atoms with Gasteiger partial charge < -0.3 is 14.8 Å². The molecule has 6 nitrogen and oxygen atoms in total. The minimum absolute atomic E-state index is 0.0618. The molecule has 2 saturated heterocycles.